The van der Waals surface area contributed by atoms with Crippen LogP contribution in [0.2, 0.25) is 10.0 Å². The van der Waals surface area contributed by atoms with E-state index in [4.69, 9.17) is 28.2 Å². The summed E-state index contributed by atoms with van der Waals surface area (Å²) in [5, 5.41) is 4.86. The predicted octanol–water partition coefficient (Wildman–Crippen LogP) is 5.98. The van der Waals surface area contributed by atoms with E-state index in [2.05, 4.69) is 9.88 Å². The van der Waals surface area contributed by atoms with Gasteiger partial charge in [-0.2, -0.15) is 0 Å². The number of carbonyl (C=O) groups excluding carboxylic acids is 1. The monoisotopic (exact) mass is 441 g/mol. The molecule has 0 atom stereocenters. The number of rotatable bonds is 5. The van der Waals surface area contributed by atoms with E-state index in [1.807, 2.05) is 54.6 Å². The molecule has 0 aliphatic carbocycles. The van der Waals surface area contributed by atoms with Gasteiger partial charge in [0.15, 0.2) is 5.16 Å². The van der Waals surface area contributed by atoms with Crippen molar-refractivity contribution in [3.05, 3.63) is 87.9 Å². The summed E-state index contributed by atoms with van der Waals surface area (Å²) in [7, 11) is 1.62. The normalized spacial score (nSPS) is 11.0. The van der Waals surface area contributed by atoms with Gasteiger partial charge < -0.3 is 5.32 Å². The minimum Gasteiger partial charge on any atom is -0.355 e. The summed E-state index contributed by atoms with van der Waals surface area (Å²) >= 11 is 13.9. The number of nitrogens with one attached hydrogen (secondary N) is 1. The molecule has 146 valence electrons. The largest absolute Gasteiger partial charge is 0.355 e. The number of carbonyl (C=O) groups is 1. The molecular formula is C22H17Cl2N3OS. The predicted molar refractivity (Wildman–Crippen MR) is 120 cm³/mol. The average Bonchev–Trinajstić information content (AvgIpc) is 3.10. The molecule has 29 heavy (non-hydrogen) atoms. The highest BCUT2D eigenvalue weighted by Crippen LogP contribution is 2.31. The Bertz CT molecular complexity index is 1170. The van der Waals surface area contributed by atoms with Gasteiger partial charge in [0.1, 0.15) is 0 Å². The number of amides is 1. The van der Waals surface area contributed by atoms with Crippen LogP contribution in [0.25, 0.3) is 16.7 Å². The average molecular weight is 442 g/mol. The molecular weight excluding hydrogens is 425 g/mol. The van der Waals surface area contributed by atoms with Crippen LogP contribution in [0.15, 0.2) is 71.9 Å². The number of imidazole rings is 1. The number of halogens is 2. The van der Waals surface area contributed by atoms with Crippen LogP contribution < -0.4 is 5.32 Å². The van der Waals surface area contributed by atoms with E-state index in [1.165, 1.54) is 0 Å². The maximum atomic E-state index is 11.9. The van der Waals surface area contributed by atoms with Crippen molar-refractivity contribution in [2.45, 2.75) is 10.9 Å². The zero-order valence-corrected chi connectivity index (χ0v) is 17.9. The van der Waals surface area contributed by atoms with Crippen LogP contribution in [0.5, 0.6) is 0 Å². The van der Waals surface area contributed by atoms with E-state index in [0.29, 0.717) is 10.6 Å². The van der Waals surface area contributed by atoms with E-state index < -0.39 is 0 Å². The molecule has 3 aromatic carbocycles. The van der Waals surface area contributed by atoms with Crippen LogP contribution in [0, 0.1) is 0 Å². The molecule has 0 spiro atoms. The number of nitrogens with zero attached hydrogens (tertiary/aromatic N) is 2. The lowest BCUT2D eigenvalue weighted by atomic mass is 10.2. The van der Waals surface area contributed by atoms with Gasteiger partial charge in [0, 0.05) is 34.1 Å². The van der Waals surface area contributed by atoms with Crippen molar-refractivity contribution in [3.63, 3.8) is 0 Å². The summed E-state index contributed by atoms with van der Waals surface area (Å²) in [6.07, 6.45) is 0. The van der Waals surface area contributed by atoms with Crippen LogP contribution in [0.3, 0.4) is 0 Å². The fraction of sp³-hybridized carbons (Fsp3) is 0.0909. The van der Waals surface area contributed by atoms with Gasteiger partial charge in [0.05, 0.1) is 11.0 Å². The molecule has 0 bridgehead atoms. The van der Waals surface area contributed by atoms with Gasteiger partial charge in [-0.3, -0.25) is 9.36 Å². The molecule has 1 N–H and O–H groups in total. The number of fused-ring (bicyclic) bond motifs is 1. The lowest BCUT2D eigenvalue weighted by molar-refractivity contribution is 0.0963. The molecule has 4 rings (SSSR count). The Balaban J connectivity index is 1.74. The van der Waals surface area contributed by atoms with Crippen molar-refractivity contribution in [1.82, 2.24) is 14.9 Å². The third kappa shape index (κ3) is 4.27. The second-order valence-electron chi connectivity index (χ2n) is 6.40. The minimum absolute atomic E-state index is 0.118. The Morgan fingerprint density at radius 3 is 2.38 bits per heavy atom. The van der Waals surface area contributed by atoms with Gasteiger partial charge >= 0.3 is 0 Å². The molecule has 1 amide bonds. The molecule has 0 aliphatic rings. The molecule has 4 nitrogen and oxygen atoms in total. The third-order valence-corrected chi connectivity index (χ3v) is 5.98. The van der Waals surface area contributed by atoms with Crippen LogP contribution in [0.4, 0.5) is 0 Å². The molecule has 0 aliphatic heterocycles. The first-order valence-electron chi connectivity index (χ1n) is 8.93. The smallest absolute Gasteiger partial charge is 0.251 e. The number of benzene rings is 3. The van der Waals surface area contributed by atoms with E-state index >= 15 is 0 Å². The SMILES string of the molecule is CNC(=O)c1ccc(-n2c(SCc3ccc(Cl)cc3)nc3ccc(Cl)cc32)cc1. The molecule has 7 heteroatoms. The first-order valence-corrected chi connectivity index (χ1v) is 10.7. The van der Waals surface area contributed by atoms with E-state index in [0.717, 1.165) is 38.2 Å². The fourth-order valence-corrected chi connectivity index (χ4v) is 4.28. The second-order valence-corrected chi connectivity index (χ2v) is 8.22. The van der Waals surface area contributed by atoms with E-state index in [1.54, 1.807) is 30.9 Å². The summed E-state index contributed by atoms with van der Waals surface area (Å²) in [6, 6.07) is 20.9. The Labute approximate surface area is 182 Å². The maximum absolute atomic E-state index is 11.9. The Morgan fingerprint density at radius 1 is 1.00 bits per heavy atom. The molecule has 1 heterocycles. The maximum Gasteiger partial charge on any atom is 0.251 e. The van der Waals surface area contributed by atoms with Crippen LogP contribution >= 0.6 is 35.0 Å². The van der Waals surface area contributed by atoms with Gasteiger partial charge in [-0.15, -0.1) is 0 Å². The zero-order chi connectivity index (χ0) is 20.4. The van der Waals surface area contributed by atoms with E-state index in [-0.39, 0.29) is 5.91 Å². The third-order valence-electron chi connectivity index (χ3n) is 4.48. The Kier molecular flexibility index (Phi) is 5.81. The molecule has 0 unspecified atom stereocenters. The molecule has 0 fully saturated rings. The zero-order valence-electron chi connectivity index (χ0n) is 15.5. The van der Waals surface area contributed by atoms with Gasteiger partial charge in [0.25, 0.3) is 5.91 Å². The highest BCUT2D eigenvalue weighted by atomic mass is 35.5. The van der Waals surface area contributed by atoms with E-state index in [9.17, 15) is 4.79 Å². The summed E-state index contributed by atoms with van der Waals surface area (Å²) in [6.45, 7) is 0. The molecule has 0 saturated heterocycles. The van der Waals surface area contributed by atoms with Crippen molar-refractivity contribution in [2.24, 2.45) is 0 Å². The van der Waals surface area contributed by atoms with Crippen molar-refractivity contribution in [3.8, 4) is 5.69 Å². The highest BCUT2D eigenvalue weighted by Gasteiger charge is 2.14. The number of aromatic nitrogens is 2. The first-order chi connectivity index (χ1) is 14.0. The van der Waals surface area contributed by atoms with Gasteiger partial charge in [-0.1, -0.05) is 47.1 Å². The fourth-order valence-electron chi connectivity index (χ4n) is 3.01. The summed E-state index contributed by atoms with van der Waals surface area (Å²) in [5.41, 5.74) is 4.47. The molecule has 0 saturated carbocycles. The number of hydrogen-bond acceptors (Lipinski definition) is 3. The van der Waals surface area contributed by atoms with Crippen LogP contribution in [-0.2, 0) is 5.75 Å². The molecule has 4 aromatic rings. The Morgan fingerprint density at radius 2 is 1.69 bits per heavy atom. The lowest BCUT2D eigenvalue weighted by Gasteiger charge is -2.10. The standard InChI is InChI=1S/C22H17Cl2N3OS/c1-25-21(28)15-4-9-18(10-5-15)27-20-12-17(24)8-11-19(20)26-22(27)29-13-14-2-6-16(23)7-3-14/h2-12H,13H2,1H3,(H,25,28). The van der Waals surface area contributed by atoms with Gasteiger partial charge in [0.2, 0.25) is 0 Å². The van der Waals surface area contributed by atoms with Crippen molar-refractivity contribution >= 4 is 51.9 Å². The molecule has 1 aromatic heterocycles. The van der Waals surface area contributed by atoms with Crippen LogP contribution in [-0.4, -0.2) is 22.5 Å². The first kappa shape index (κ1) is 19.8. The van der Waals surface area contributed by atoms with Gasteiger partial charge in [-0.05, 0) is 60.2 Å². The summed E-state index contributed by atoms with van der Waals surface area (Å²) < 4.78 is 2.06. The highest BCUT2D eigenvalue weighted by molar-refractivity contribution is 7.98. The number of thioether (sulfide) groups is 1. The second kappa shape index (κ2) is 8.49. The van der Waals surface area contributed by atoms with Crippen molar-refractivity contribution < 1.29 is 4.79 Å². The number of hydrogen-bond donors (Lipinski definition) is 1. The summed E-state index contributed by atoms with van der Waals surface area (Å²) in [4.78, 5) is 16.7. The Hall–Kier alpha value is -2.47. The minimum atomic E-state index is -0.118. The summed E-state index contributed by atoms with van der Waals surface area (Å²) in [5.74, 6) is 0.636. The van der Waals surface area contributed by atoms with Crippen molar-refractivity contribution in [2.75, 3.05) is 7.05 Å². The van der Waals surface area contributed by atoms with Gasteiger partial charge in [-0.25, -0.2) is 4.98 Å². The lowest BCUT2D eigenvalue weighted by Crippen LogP contribution is -2.17. The van der Waals surface area contributed by atoms with Crippen LogP contribution in [0.1, 0.15) is 15.9 Å². The molecule has 0 radical (unpaired) electrons. The van der Waals surface area contributed by atoms with Crippen molar-refractivity contribution in [1.29, 1.82) is 0 Å². The quantitative estimate of drug-likeness (QED) is 0.387. The topological polar surface area (TPSA) is 46.9 Å².